The van der Waals surface area contributed by atoms with Crippen LogP contribution in [0.25, 0.3) is 0 Å². The number of hydrazone groups is 1. The maximum absolute atomic E-state index is 5.53. The summed E-state index contributed by atoms with van der Waals surface area (Å²) in [5.74, 6) is 0.799. The van der Waals surface area contributed by atoms with E-state index in [9.17, 15) is 0 Å². The Hall–Kier alpha value is -2.40. The van der Waals surface area contributed by atoms with Crippen LogP contribution in [0.5, 0.6) is 5.75 Å². The molecular formula is C17H19N3OS. The van der Waals surface area contributed by atoms with Crippen LogP contribution >= 0.6 is 12.2 Å². The largest absolute Gasteiger partial charge is 0.493 e. The Morgan fingerprint density at radius 2 is 1.91 bits per heavy atom. The molecule has 2 aromatic carbocycles. The second-order valence-electron chi connectivity index (χ2n) is 4.66. The first-order chi connectivity index (χ1) is 10.7. The Balaban J connectivity index is 1.92. The number of nitrogens with zero attached hydrogens (tertiary/aromatic N) is 1. The third-order valence-corrected chi connectivity index (χ3v) is 3.09. The summed E-state index contributed by atoms with van der Waals surface area (Å²) in [7, 11) is 0. The second-order valence-corrected chi connectivity index (χ2v) is 5.07. The summed E-state index contributed by atoms with van der Waals surface area (Å²) in [6.07, 6.45) is 1.69. The molecule has 0 amide bonds. The van der Waals surface area contributed by atoms with Gasteiger partial charge in [0.25, 0.3) is 0 Å². The minimum Gasteiger partial charge on any atom is -0.493 e. The van der Waals surface area contributed by atoms with Gasteiger partial charge in [0.2, 0.25) is 0 Å². The second kappa shape index (κ2) is 8.14. The Morgan fingerprint density at radius 3 is 2.64 bits per heavy atom. The number of anilines is 1. The van der Waals surface area contributed by atoms with Crippen LogP contribution in [0, 0.1) is 6.92 Å². The maximum Gasteiger partial charge on any atom is 0.191 e. The molecule has 2 rings (SSSR count). The summed E-state index contributed by atoms with van der Waals surface area (Å²) in [5, 5.41) is 7.65. The van der Waals surface area contributed by atoms with Crippen LogP contribution in [0.4, 0.5) is 5.69 Å². The van der Waals surface area contributed by atoms with Crippen LogP contribution < -0.4 is 15.5 Å². The van der Waals surface area contributed by atoms with Gasteiger partial charge in [-0.3, -0.25) is 5.43 Å². The lowest BCUT2D eigenvalue weighted by Gasteiger charge is -2.08. The molecule has 0 fully saturated rings. The first-order valence-electron chi connectivity index (χ1n) is 7.07. The van der Waals surface area contributed by atoms with Crippen LogP contribution in [-0.2, 0) is 0 Å². The topological polar surface area (TPSA) is 45.6 Å². The molecule has 2 aromatic rings. The standard InChI is InChI=1S/C17H19N3OS/c1-3-21-16-7-5-4-6-14(16)12-18-20-17(22)19-15-10-8-13(2)9-11-15/h4-12H,3H2,1-2H3,(H2,19,20,22)/b18-12-. The Bertz CT molecular complexity index is 653. The molecule has 0 saturated heterocycles. The average molecular weight is 313 g/mol. The van der Waals surface area contributed by atoms with E-state index in [1.54, 1.807) is 6.21 Å². The van der Waals surface area contributed by atoms with Crippen molar-refractivity contribution in [3.8, 4) is 5.75 Å². The Kier molecular flexibility index (Phi) is 5.91. The smallest absolute Gasteiger partial charge is 0.191 e. The summed E-state index contributed by atoms with van der Waals surface area (Å²) in [5.41, 5.74) is 5.82. The molecule has 0 unspecified atom stereocenters. The predicted molar refractivity (Wildman–Crippen MR) is 95.7 cm³/mol. The normalized spacial score (nSPS) is 10.5. The van der Waals surface area contributed by atoms with Gasteiger partial charge in [0.1, 0.15) is 5.75 Å². The quantitative estimate of drug-likeness (QED) is 0.502. The Labute approximate surface area is 136 Å². The van der Waals surface area contributed by atoms with E-state index in [1.165, 1.54) is 5.56 Å². The van der Waals surface area contributed by atoms with E-state index < -0.39 is 0 Å². The summed E-state index contributed by atoms with van der Waals surface area (Å²) in [4.78, 5) is 0. The van der Waals surface area contributed by atoms with Gasteiger partial charge >= 0.3 is 0 Å². The zero-order chi connectivity index (χ0) is 15.8. The van der Waals surface area contributed by atoms with Crippen LogP contribution in [0.3, 0.4) is 0 Å². The number of para-hydroxylation sites is 1. The van der Waals surface area contributed by atoms with E-state index in [1.807, 2.05) is 62.4 Å². The minimum absolute atomic E-state index is 0.439. The fourth-order valence-electron chi connectivity index (χ4n) is 1.83. The highest BCUT2D eigenvalue weighted by Crippen LogP contribution is 2.15. The first-order valence-corrected chi connectivity index (χ1v) is 7.48. The van der Waals surface area contributed by atoms with Gasteiger partial charge < -0.3 is 10.1 Å². The van der Waals surface area contributed by atoms with Gasteiger partial charge in [-0.25, -0.2) is 0 Å². The lowest BCUT2D eigenvalue weighted by molar-refractivity contribution is 0.340. The van der Waals surface area contributed by atoms with Gasteiger partial charge in [0.05, 0.1) is 12.8 Å². The molecule has 5 heteroatoms. The van der Waals surface area contributed by atoms with Crippen molar-refractivity contribution in [3.63, 3.8) is 0 Å². The van der Waals surface area contributed by atoms with Crippen molar-refractivity contribution >= 4 is 29.2 Å². The molecule has 0 aromatic heterocycles. The van der Waals surface area contributed by atoms with Crippen molar-refractivity contribution in [3.05, 3.63) is 59.7 Å². The molecular weight excluding hydrogens is 294 g/mol. The average Bonchev–Trinajstić information content (AvgIpc) is 2.51. The lowest BCUT2D eigenvalue weighted by Crippen LogP contribution is -2.23. The minimum atomic E-state index is 0.439. The highest BCUT2D eigenvalue weighted by atomic mass is 32.1. The number of hydrogen-bond donors (Lipinski definition) is 2. The Morgan fingerprint density at radius 1 is 1.18 bits per heavy atom. The molecule has 0 atom stereocenters. The molecule has 4 nitrogen and oxygen atoms in total. The molecule has 0 spiro atoms. The van der Waals surface area contributed by atoms with Gasteiger partial charge in [-0.05, 0) is 50.3 Å². The number of benzene rings is 2. The maximum atomic E-state index is 5.53. The monoisotopic (exact) mass is 313 g/mol. The zero-order valence-electron chi connectivity index (χ0n) is 12.7. The number of rotatable bonds is 5. The van der Waals surface area contributed by atoms with Crippen LogP contribution in [0.1, 0.15) is 18.1 Å². The molecule has 0 aliphatic rings. The molecule has 0 bridgehead atoms. The van der Waals surface area contributed by atoms with Crippen molar-refractivity contribution in [2.45, 2.75) is 13.8 Å². The molecule has 2 N–H and O–H groups in total. The summed E-state index contributed by atoms with van der Waals surface area (Å²) >= 11 is 5.20. The van der Waals surface area contributed by atoms with Gasteiger partial charge in [-0.1, -0.05) is 29.8 Å². The number of thiocarbonyl (C=S) groups is 1. The SMILES string of the molecule is CCOc1ccccc1/C=N\NC(=S)Nc1ccc(C)cc1. The van der Waals surface area contributed by atoms with E-state index in [-0.39, 0.29) is 0 Å². The van der Waals surface area contributed by atoms with Gasteiger partial charge in [0.15, 0.2) is 5.11 Å². The van der Waals surface area contributed by atoms with E-state index in [4.69, 9.17) is 17.0 Å². The highest BCUT2D eigenvalue weighted by Gasteiger charge is 1.99. The summed E-state index contributed by atoms with van der Waals surface area (Å²) in [6.45, 7) is 4.61. The van der Waals surface area contributed by atoms with Crippen LogP contribution in [-0.4, -0.2) is 17.9 Å². The van der Waals surface area contributed by atoms with Crippen molar-refractivity contribution in [1.29, 1.82) is 0 Å². The molecule has 0 radical (unpaired) electrons. The molecule has 22 heavy (non-hydrogen) atoms. The van der Waals surface area contributed by atoms with Crippen molar-refractivity contribution < 1.29 is 4.74 Å². The fraction of sp³-hybridized carbons (Fsp3) is 0.176. The van der Waals surface area contributed by atoms with Gasteiger partial charge in [-0.2, -0.15) is 5.10 Å². The van der Waals surface area contributed by atoms with E-state index >= 15 is 0 Å². The van der Waals surface area contributed by atoms with Crippen LogP contribution in [0.2, 0.25) is 0 Å². The fourth-order valence-corrected chi connectivity index (χ4v) is 2.00. The van der Waals surface area contributed by atoms with Crippen molar-refractivity contribution in [2.24, 2.45) is 5.10 Å². The van der Waals surface area contributed by atoms with E-state index in [0.717, 1.165) is 17.0 Å². The first kappa shape index (κ1) is 16.0. The highest BCUT2D eigenvalue weighted by molar-refractivity contribution is 7.80. The van der Waals surface area contributed by atoms with Gasteiger partial charge in [-0.15, -0.1) is 0 Å². The number of nitrogens with one attached hydrogen (secondary N) is 2. The van der Waals surface area contributed by atoms with Gasteiger partial charge in [0, 0.05) is 11.3 Å². The van der Waals surface area contributed by atoms with Crippen molar-refractivity contribution in [1.82, 2.24) is 5.43 Å². The number of hydrogen-bond acceptors (Lipinski definition) is 3. The summed E-state index contributed by atoms with van der Waals surface area (Å²) in [6, 6.07) is 15.7. The third-order valence-electron chi connectivity index (χ3n) is 2.90. The van der Waals surface area contributed by atoms with E-state index in [0.29, 0.717) is 11.7 Å². The molecule has 0 heterocycles. The molecule has 114 valence electrons. The molecule has 0 aliphatic carbocycles. The predicted octanol–water partition coefficient (Wildman–Crippen LogP) is 3.71. The zero-order valence-corrected chi connectivity index (χ0v) is 13.5. The number of aryl methyl sites for hydroxylation is 1. The molecule has 0 aliphatic heterocycles. The lowest BCUT2D eigenvalue weighted by atomic mass is 10.2. The van der Waals surface area contributed by atoms with Crippen molar-refractivity contribution in [2.75, 3.05) is 11.9 Å². The molecule has 0 saturated carbocycles. The number of ether oxygens (including phenoxy) is 1. The third kappa shape index (κ3) is 4.86. The summed E-state index contributed by atoms with van der Waals surface area (Å²) < 4.78 is 5.53. The van der Waals surface area contributed by atoms with Crippen LogP contribution in [0.15, 0.2) is 53.6 Å². The van der Waals surface area contributed by atoms with E-state index in [2.05, 4.69) is 15.8 Å².